The van der Waals surface area contributed by atoms with Crippen molar-refractivity contribution in [1.29, 1.82) is 0 Å². The van der Waals surface area contributed by atoms with Crippen molar-refractivity contribution in [3.63, 3.8) is 0 Å². The molecule has 1 heterocycles. The normalized spacial score (nSPS) is 13.7. The molecule has 0 atom stereocenters. The van der Waals surface area contributed by atoms with Gasteiger partial charge in [-0.25, -0.2) is 4.68 Å². The van der Waals surface area contributed by atoms with Gasteiger partial charge < -0.3 is 5.32 Å². The zero-order chi connectivity index (χ0) is 17.4. The zero-order valence-electron chi connectivity index (χ0n) is 13.0. The summed E-state index contributed by atoms with van der Waals surface area (Å²) in [4.78, 5) is 12.4. The molecule has 2 aromatic carbocycles. The maximum Gasteiger partial charge on any atom is 0.255 e. The number of hydrogen-bond donors (Lipinski definition) is 1. The fraction of sp³-hybridized carbons (Fsp3) is 0.176. The molecule has 1 amide bonds. The second-order valence-corrected chi connectivity index (χ2v) is 6.74. The second-order valence-electron chi connectivity index (χ2n) is 5.87. The van der Waals surface area contributed by atoms with Crippen molar-refractivity contribution in [3.8, 4) is 11.4 Å². The van der Waals surface area contributed by atoms with Crippen LogP contribution in [0.5, 0.6) is 0 Å². The van der Waals surface area contributed by atoms with Gasteiger partial charge >= 0.3 is 0 Å². The lowest BCUT2D eigenvalue weighted by atomic mass is 10.1. The Hall–Kier alpha value is -2.44. The number of halogens is 2. The Kier molecular flexibility index (Phi) is 4.15. The number of benzene rings is 2. The first-order valence-electron chi connectivity index (χ1n) is 7.76. The minimum absolute atomic E-state index is 0.289. The lowest BCUT2D eigenvalue weighted by Crippen LogP contribution is -2.12. The van der Waals surface area contributed by atoms with E-state index in [1.54, 1.807) is 24.3 Å². The monoisotopic (exact) mass is 373 g/mol. The first kappa shape index (κ1) is 16.1. The number of tetrazole rings is 1. The van der Waals surface area contributed by atoms with Gasteiger partial charge in [0.2, 0.25) is 0 Å². The van der Waals surface area contributed by atoms with Crippen LogP contribution in [0.15, 0.2) is 42.5 Å². The van der Waals surface area contributed by atoms with Crippen molar-refractivity contribution in [1.82, 2.24) is 20.2 Å². The number of nitrogens with one attached hydrogen (secondary N) is 1. The van der Waals surface area contributed by atoms with Gasteiger partial charge in [0.05, 0.1) is 6.04 Å². The molecule has 4 rings (SSSR count). The van der Waals surface area contributed by atoms with Gasteiger partial charge in [-0.1, -0.05) is 35.3 Å². The second kappa shape index (κ2) is 6.46. The number of carbonyl (C=O) groups is 1. The third kappa shape index (κ3) is 3.50. The van der Waals surface area contributed by atoms with Crippen molar-refractivity contribution in [2.45, 2.75) is 18.9 Å². The van der Waals surface area contributed by atoms with Crippen molar-refractivity contribution < 1.29 is 4.79 Å². The number of amides is 1. The fourth-order valence-electron chi connectivity index (χ4n) is 2.57. The average molecular weight is 374 g/mol. The van der Waals surface area contributed by atoms with Crippen LogP contribution < -0.4 is 5.32 Å². The highest BCUT2D eigenvalue weighted by Gasteiger charge is 2.28. The van der Waals surface area contributed by atoms with Crippen molar-refractivity contribution >= 4 is 34.8 Å². The van der Waals surface area contributed by atoms with Crippen molar-refractivity contribution in [2.24, 2.45) is 0 Å². The summed E-state index contributed by atoms with van der Waals surface area (Å²) in [7, 11) is 0. The van der Waals surface area contributed by atoms with Crippen LogP contribution in [0.4, 0.5) is 5.69 Å². The van der Waals surface area contributed by atoms with Crippen LogP contribution in [0.1, 0.15) is 29.2 Å². The van der Waals surface area contributed by atoms with E-state index in [2.05, 4.69) is 20.8 Å². The summed E-state index contributed by atoms with van der Waals surface area (Å²) in [5.74, 6) is 0.410. The molecule has 1 N–H and O–H groups in total. The SMILES string of the molecule is O=C(Nc1cccc(-c2nnnn2C2CC2)c1)c1cc(Cl)cc(Cl)c1. The number of anilines is 1. The van der Waals surface area contributed by atoms with Gasteiger partial charge in [0.25, 0.3) is 5.91 Å². The van der Waals surface area contributed by atoms with E-state index >= 15 is 0 Å². The van der Waals surface area contributed by atoms with E-state index < -0.39 is 0 Å². The molecule has 0 spiro atoms. The van der Waals surface area contributed by atoms with E-state index in [1.165, 1.54) is 0 Å². The van der Waals surface area contributed by atoms with Crippen LogP contribution in [0, 0.1) is 0 Å². The smallest absolute Gasteiger partial charge is 0.255 e. The number of rotatable bonds is 4. The van der Waals surface area contributed by atoms with E-state index in [9.17, 15) is 4.79 Å². The van der Waals surface area contributed by atoms with Crippen LogP contribution in [-0.4, -0.2) is 26.1 Å². The van der Waals surface area contributed by atoms with Gasteiger partial charge in [0.15, 0.2) is 5.82 Å². The van der Waals surface area contributed by atoms with E-state index in [-0.39, 0.29) is 5.91 Å². The lowest BCUT2D eigenvalue weighted by molar-refractivity contribution is 0.102. The highest BCUT2D eigenvalue weighted by Crippen LogP contribution is 2.36. The van der Waals surface area contributed by atoms with Crippen LogP contribution >= 0.6 is 23.2 Å². The molecule has 8 heteroatoms. The zero-order valence-corrected chi connectivity index (χ0v) is 14.5. The molecule has 1 fully saturated rings. The lowest BCUT2D eigenvalue weighted by Gasteiger charge is -2.08. The molecule has 25 heavy (non-hydrogen) atoms. The van der Waals surface area contributed by atoms with Crippen LogP contribution in [0.3, 0.4) is 0 Å². The first-order valence-corrected chi connectivity index (χ1v) is 8.51. The molecule has 0 unspecified atom stereocenters. The Morgan fingerprint density at radius 2 is 1.88 bits per heavy atom. The average Bonchev–Trinajstić information content (AvgIpc) is 3.31. The highest BCUT2D eigenvalue weighted by atomic mass is 35.5. The predicted octanol–water partition coefficient (Wildman–Crippen LogP) is 4.23. The molecule has 6 nitrogen and oxygen atoms in total. The largest absolute Gasteiger partial charge is 0.322 e. The summed E-state index contributed by atoms with van der Waals surface area (Å²) in [6.45, 7) is 0. The number of carbonyl (C=O) groups excluding carboxylic acids is 1. The van der Waals surface area contributed by atoms with Crippen LogP contribution in [-0.2, 0) is 0 Å². The van der Waals surface area contributed by atoms with Gasteiger partial charge in [0, 0.05) is 26.9 Å². The van der Waals surface area contributed by atoms with Crippen LogP contribution in [0.2, 0.25) is 10.0 Å². The molecule has 126 valence electrons. The molecule has 0 bridgehead atoms. The summed E-state index contributed by atoms with van der Waals surface area (Å²) in [6.07, 6.45) is 2.17. The molecule has 3 aromatic rings. The van der Waals surface area contributed by atoms with Gasteiger partial charge in [0.1, 0.15) is 0 Å². The van der Waals surface area contributed by atoms with E-state index in [1.807, 2.05) is 22.9 Å². The Morgan fingerprint density at radius 3 is 2.60 bits per heavy atom. The molecule has 1 aliphatic rings. The number of nitrogens with zero attached hydrogens (tertiary/aromatic N) is 4. The third-order valence-electron chi connectivity index (χ3n) is 3.89. The van der Waals surface area contributed by atoms with Crippen LogP contribution in [0.25, 0.3) is 11.4 Å². The Bertz CT molecular complexity index is 931. The first-order chi connectivity index (χ1) is 12.1. The quantitative estimate of drug-likeness (QED) is 0.742. The summed E-state index contributed by atoms with van der Waals surface area (Å²) in [5.41, 5.74) is 1.88. The van der Waals surface area contributed by atoms with Gasteiger partial charge in [-0.2, -0.15) is 0 Å². The minimum atomic E-state index is -0.289. The Balaban J connectivity index is 1.59. The molecule has 1 aliphatic carbocycles. The van der Waals surface area contributed by atoms with E-state index in [0.717, 1.165) is 18.4 Å². The Morgan fingerprint density at radius 1 is 1.12 bits per heavy atom. The molecular formula is C17H13Cl2N5O. The molecule has 1 saturated carbocycles. The molecule has 0 saturated heterocycles. The van der Waals surface area contributed by atoms with Gasteiger partial charge in [-0.3, -0.25) is 4.79 Å². The molecular weight excluding hydrogens is 361 g/mol. The van der Waals surface area contributed by atoms with Gasteiger partial charge in [-0.15, -0.1) is 5.10 Å². The molecule has 1 aromatic heterocycles. The van der Waals surface area contributed by atoms with Gasteiger partial charge in [-0.05, 0) is 53.6 Å². The molecule has 0 radical (unpaired) electrons. The standard InChI is InChI=1S/C17H13Cl2N5O/c18-12-6-11(7-13(19)9-12)17(25)20-14-3-1-2-10(8-14)16-21-22-23-24(16)15-4-5-15/h1-3,6-9,15H,4-5H2,(H,20,25). The highest BCUT2D eigenvalue weighted by molar-refractivity contribution is 6.35. The molecule has 0 aliphatic heterocycles. The van der Waals surface area contributed by atoms with E-state index in [4.69, 9.17) is 23.2 Å². The summed E-state index contributed by atoms with van der Waals surface area (Å²) in [5, 5.41) is 15.6. The third-order valence-corrected chi connectivity index (χ3v) is 4.33. The number of aromatic nitrogens is 4. The van der Waals surface area contributed by atoms with Crippen molar-refractivity contribution in [2.75, 3.05) is 5.32 Å². The number of hydrogen-bond acceptors (Lipinski definition) is 4. The van der Waals surface area contributed by atoms with Crippen molar-refractivity contribution in [3.05, 3.63) is 58.1 Å². The minimum Gasteiger partial charge on any atom is -0.322 e. The topological polar surface area (TPSA) is 72.7 Å². The Labute approximate surface area is 153 Å². The summed E-state index contributed by atoms with van der Waals surface area (Å²) < 4.78 is 1.83. The maximum absolute atomic E-state index is 12.4. The summed E-state index contributed by atoms with van der Waals surface area (Å²) >= 11 is 11.9. The van der Waals surface area contributed by atoms with E-state index in [0.29, 0.717) is 33.2 Å². The maximum atomic E-state index is 12.4. The predicted molar refractivity (Wildman–Crippen MR) is 95.9 cm³/mol. The summed E-state index contributed by atoms with van der Waals surface area (Å²) in [6, 6.07) is 12.5. The fourth-order valence-corrected chi connectivity index (χ4v) is 3.10.